The Morgan fingerprint density at radius 3 is 2.73 bits per heavy atom. The van der Waals surface area contributed by atoms with E-state index in [2.05, 4.69) is 5.32 Å². The van der Waals surface area contributed by atoms with E-state index in [0.717, 1.165) is 6.42 Å². The van der Waals surface area contributed by atoms with Gasteiger partial charge in [-0.15, -0.1) is 0 Å². The summed E-state index contributed by atoms with van der Waals surface area (Å²) in [6.07, 6.45) is 0.832. The number of amides is 3. The fourth-order valence-electron chi connectivity index (χ4n) is 1.66. The van der Waals surface area contributed by atoms with Gasteiger partial charge in [-0.1, -0.05) is 0 Å². The minimum Gasteiger partial charge on any atom is -0.354 e. The molecule has 0 atom stereocenters. The van der Waals surface area contributed by atoms with Gasteiger partial charge in [-0.25, -0.2) is 4.79 Å². The maximum atomic E-state index is 11.9. The number of nitrogens with zero attached hydrogens (tertiary/aromatic N) is 2. The van der Waals surface area contributed by atoms with E-state index in [1.807, 2.05) is 13.8 Å². The second-order valence-corrected chi connectivity index (χ2v) is 3.58. The topological polar surface area (TPSA) is 52.7 Å². The Bertz CT molecular complexity index is 239. The molecule has 1 aliphatic rings. The molecule has 0 unspecified atom stereocenters. The molecule has 1 fully saturated rings. The first-order chi connectivity index (χ1) is 7.19. The predicted molar refractivity (Wildman–Crippen MR) is 57.5 cm³/mol. The van der Waals surface area contributed by atoms with Crippen molar-refractivity contribution < 1.29 is 9.59 Å². The summed E-state index contributed by atoms with van der Waals surface area (Å²) in [5.74, 6) is -0.0620. The molecule has 1 N–H and O–H groups in total. The van der Waals surface area contributed by atoms with Crippen LogP contribution in [0, 0.1) is 0 Å². The van der Waals surface area contributed by atoms with E-state index in [1.54, 1.807) is 9.80 Å². The largest absolute Gasteiger partial charge is 0.354 e. The van der Waals surface area contributed by atoms with Crippen molar-refractivity contribution >= 4 is 11.9 Å². The molecule has 86 valence electrons. The lowest BCUT2D eigenvalue weighted by Gasteiger charge is -2.27. The highest BCUT2D eigenvalue weighted by Gasteiger charge is 2.22. The Balaban J connectivity index is 2.60. The summed E-state index contributed by atoms with van der Waals surface area (Å²) >= 11 is 0. The average Bonchev–Trinajstić information content (AvgIpc) is 2.44. The van der Waals surface area contributed by atoms with Crippen LogP contribution < -0.4 is 5.32 Å². The number of carbonyl (C=O) groups excluding carboxylic acids is 2. The second kappa shape index (κ2) is 5.58. The Morgan fingerprint density at radius 1 is 1.47 bits per heavy atom. The zero-order valence-electron chi connectivity index (χ0n) is 9.45. The van der Waals surface area contributed by atoms with Crippen LogP contribution in [0.4, 0.5) is 4.79 Å². The summed E-state index contributed by atoms with van der Waals surface area (Å²) in [6.45, 7) is 6.78. The van der Waals surface area contributed by atoms with Crippen molar-refractivity contribution in [1.29, 1.82) is 0 Å². The summed E-state index contributed by atoms with van der Waals surface area (Å²) in [5.41, 5.74) is 0. The number of rotatable bonds is 2. The minimum atomic E-state index is -0.0620. The first kappa shape index (κ1) is 11.8. The molecule has 5 nitrogen and oxygen atoms in total. The van der Waals surface area contributed by atoms with Gasteiger partial charge in [-0.05, 0) is 20.3 Å². The summed E-state index contributed by atoms with van der Waals surface area (Å²) in [6, 6.07) is -0.0305. The Hall–Kier alpha value is -1.26. The SMILES string of the molecule is CCN(CC)C(=O)N1CCCNC(=O)C1. The monoisotopic (exact) mass is 213 g/mol. The molecule has 15 heavy (non-hydrogen) atoms. The first-order valence-electron chi connectivity index (χ1n) is 5.49. The number of hydrogen-bond acceptors (Lipinski definition) is 2. The lowest BCUT2D eigenvalue weighted by atomic mass is 10.4. The fourth-order valence-corrected chi connectivity index (χ4v) is 1.66. The van der Waals surface area contributed by atoms with Crippen LogP contribution in [0.15, 0.2) is 0 Å². The lowest BCUT2D eigenvalue weighted by molar-refractivity contribution is -0.121. The van der Waals surface area contributed by atoms with E-state index in [9.17, 15) is 9.59 Å². The van der Waals surface area contributed by atoms with Crippen LogP contribution in [0.5, 0.6) is 0 Å². The highest BCUT2D eigenvalue weighted by atomic mass is 16.2. The smallest absolute Gasteiger partial charge is 0.320 e. The first-order valence-corrected chi connectivity index (χ1v) is 5.49. The van der Waals surface area contributed by atoms with Crippen molar-refractivity contribution in [3.05, 3.63) is 0 Å². The summed E-state index contributed by atoms with van der Waals surface area (Å²) in [4.78, 5) is 26.6. The van der Waals surface area contributed by atoms with Gasteiger partial charge in [0.15, 0.2) is 0 Å². The van der Waals surface area contributed by atoms with Crippen molar-refractivity contribution in [1.82, 2.24) is 15.1 Å². The molecule has 1 aliphatic heterocycles. The van der Waals surface area contributed by atoms with E-state index in [-0.39, 0.29) is 18.5 Å². The highest BCUT2D eigenvalue weighted by molar-refractivity contribution is 5.84. The molecule has 1 heterocycles. The van der Waals surface area contributed by atoms with Crippen molar-refractivity contribution in [3.8, 4) is 0 Å². The Morgan fingerprint density at radius 2 is 2.13 bits per heavy atom. The molecule has 3 amide bonds. The third-order valence-electron chi connectivity index (χ3n) is 2.57. The fraction of sp³-hybridized carbons (Fsp3) is 0.800. The summed E-state index contributed by atoms with van der Waals surface area (Å²) in [7, 11) is 0. The Labute approximate surface area is 90.4 Å². The van der Waals surface area contributed by atoms with E-state index >= 15 is 0 Å². The quantitative estimate of drug-likeness (QED) is 0.716. The molecule has 0 bridgehead atoms. The summed E-state index contributed by atoms with van der Waals surface area (Å²) in [5, 5.41) is 2.75. The van der Waals surface area contributed by atoms with E-state index in [0.29, 0.717) is 26.2 Å². The van der Waals surface area contributed by atoms with Gasteiger partial charge in [0.05, 0.1) is 0 Å². The molecular weight excluding hydrogens is 194 g/mol. The van der Waals surface area contributed by atoms with Gasteiger partial charge < -0.3 is 15.1 Å². The minimum absolute atomic E-state index is 0.0305. The zero-order chi connectivity index (χ0) is 11.3. The maximum absolute atomic E-state index is 11.9. The highest BCUT2D eigenvalue weighted by Crippen LogP contribution is 2.02. The third-order valence-corrected chi connectivity index (χ3v) is 2.57. The number of hydrogen-bond donors (Lipinski definition) is 1. The number of urea groups is 1. The molecule has 0 spiro atoms. The second-order valence-electron chi connectivity index (χ2n) is 3.58. The molecule has 0 aromatic carbocycles. The van der Waals surface area contributed by atoms with E-state index < -0.39 is 0 Å². The number of nitrogens with one attached hydrogen (secondary N) is 1. The van der Waals surface area contributed by atoms with Crippen molar-refractivity contribution in [2.75, 3.05) is 32.7 Å². The van der Waals surface area contributed by atoms with Crippen molar-refractivity contribution in [2.45, 2.75) is 20.3 Å². The molecule has 5 heteroatoms. The standard InChI is InChI=1S/C10H19N3O2/c1-3-12(4-2)10(15)13-7-5-6-11-9(14)8-13/h3-8H2,1-2H3,(H,11,14). The van der Waals surface area contributed by atoms with Gasteiger partial charge in [0.1, 0.15) is 6.54 Å². The summed E-state index contributed by atoms with van der Waals surface area (Å²) < 4.78 is 0. The average molecular weight is 213 g/mol. The van der Waals surface area contributed by atoms with E-state index in [4.69, 9.17) is 0 Å². The van der Waals surface area contributed by atoms with Crippen LogP contribution in [0.2, 0.25) is 0 Å². The van der Waals surface area contributed by atoms with Crippen LogP contribution in [0.1, 0.15) is 20.3 Å². The number of carbonyl (C=O) groups is 2. The van der Waals surface area contributed by atoms with Gasteiger partial charge in [-0.2, -0.15) is 0 Å². The van der Waals surface area contributed by atoms with Crippen LogP contribution in [0.3, 0.4) is 0 Å². The Kier molecular flexibility index (Phi) is 4.39. The molecule has 0 aromatic heterocycles. The predicted octanol–water partition coefficient (Wildman–Crippen LogP) is 0.270. The van der Waals surface area contributed by atoms with Crippen LogP contribution in [0.25, 0.3) is 0 Å². The normalized spacial score (nSPS) is 16.9. The molecule has 1 rings (SSSR count). The van der Waals surface area contributed by atoms with Crippen LogP contribution in [-0.2, 0) is 4.79 Å². The van der Waals surface area contributed by atoms with Gasteiger partial charge in [0.25, 0.3) is 0 Å². The third kappa shape index (κ3) is 3.11. The molecular formula is C10H19N3O2. The molecule has 0 radical (unpaired) electrons. The van der Waals surface area contributed by atoms with Gasteiger partial charge in [-0.3, -0.25) is 4.79 Å². The molecule has 1 saturated heterocycles. The lowest BCUT2D eigenvalue weighted by Crippen LogP contribution is -2.45. The molecule has 0 saturated carbocycles. The van der Waals surface area contributed by atoms with Gasteiger partial charge in [0, 0.05) is 26.2 Å². The maximum Gasteiger partial charge on any atom is 0.320 e. The zero-order valence-corrected chi connectivity index (χ0v) is 9.45. The molecule has 0 aliphatic carbocycles. The van der Waals surface area contributed by atoms with Crippen molar-refractivity contribution in [3.63, 3.8) is 0 Å². The molecule has 0 aromatic rings. The van der Waals surface area contributed by atoms with Crippen LogP contribution in [-0.4, -0.2) is 54.5 Å². The van der Waals surface area contributed by atoms with Crippen LogP contribution >= 0.6 is 0 Å². The van der Waals surface area contributed by atoms with Gasteiger partial charge in [0.2, 0.25) is 5.91 Å². The van der Waals surface area contributed by atoms with Crippen molar-refractivity contribution in [2.24, 2.45) is 0 Å². The van der Waals surface area contributed by atoms with E-state index in [1.165, 1.54) is 0 Å². The van der Waals surface area contributed by atoms with Gasteiger partial charge >= 0.3 is 6.03 Å².